The maximum absolute atomic E-state index is 12.0. The number of esters is 1. The Morgan fingerprint density at radius 3 is 2.80 bits per heavy atom. The lowest BCUT2D eigenvalue weighted by Crippen LogP contribution is -2.49. The van der Waals surface area contributed by atoms with Gasteiger partial charge in [0.25, 0.3) is 0 Å². The maximum atomic E-state index is 12.0. The quantitative estimate of drug-likeness (QED) is 0.786. The molecule has 5 heteroatoms. The van der Waals surface area contributed by atoms with Gasteiger partial charge in [-0.3, -0.25) is 4.79 Å². The van der Waals surface area contributed by atoms with E-state index >= 15 is 0 Å². The number of amides is 1. The van der Waals surface area contributed by atoms with Crippen molar-refractivity contribution in [3.05, 3.63) is 35.4 Å². The van der Waals surface area contributed by atoms with Gasteiger partial charge in [-0.2, -0.15) is 0 Å². The van der Waals surface area contributed by atoms with Gasteiger partial charge < -0.3 is 15.4 Å². The van der Waals surface area contributed by atoms with Crippen LogP contribution in [0.5, 0.6) is 0 Å². The minimum Gasteiger partial charge on any atom is -0.465 e. The molecule has 1 fully saturated rings. The Morgan fingerprint density at radius 2 is 2.20 bits per heavy atom. The van der Waals surface area contributed by atoms with Crippen molar-refractivity contribution < 1.29 is 14.3 Å². The summed E-state index contributed by atoms with van der Waals surface area (Å²) >= 11 is 0. The fourth-order valence-corrected chi connectivity index (χ4v) is 2.15. The number of nitrogens with one attached hydrogen (secondary N) is 2. The molecule has 1 atom stereocenters. The molecular weight excluding hydrogens is 256 g/mol. The van der Waals surface area contributed by atoms with E-state index in [1.165, 1.54) is 7.11 Å². The Hall–Kier alpha value is -1.88. The first-order valence-electron chi connectivity index (χ1n) is 6.77. The molecule has 1 aromatic carbocycles. The summed E-state index contributed by atoms with van der Waals surface area (Å²) in [6, 6.07) is 7.09. The van der Waals surface area contributed by atoms with E-state index in [4.69, 9.17) is 0 Å². The first kappa shape index (κ1) is 14.5. The molecule has 1 saturated heterocycles. The number of hydrogen-bond acceptors (Lipinski definition) is 4. The third kappa shape index (κ3) is 3.36. The van der Waals surface area contributed by atoms with Crippen LogP contribution in [0.25, 0.3) is 0 Å². The fraction of sp³-hybridized carbons (Fsp3) is 0.467. The Kier molecular flexibility index (Phi) is 4.74. The third-order valence-electron chi connectivity index (χ3n) is 3.75. The third-order valence-corrected chi connectivity index (χ3v) is 3.75. The van der Waals surface area contributed by atoms with Crippen LogP contribution in [0.1, 0.15) is 22.8 Å². The number of ether oxygens (including phenoxy) is 1. The molecule has 2 rings (SSSR count). The van der Waals surface area contributed by atoms with Gasteiger partial charge in [0.05, 0.1) is 12.7 Å². The lowest BCUT2D eigenvalue weighted by Gasteiger charge is -2.31. The molecule has 0 radical (unpaired) electrons. The second kappa shape index (κ2) is 6.52. The van der Waals surface area contributed by atoms with Gasteiger partial charge in [0, 0.05) is 12.5 Å². The summed E-state index contributed by atoms with van der Waals surface area (Å²) in [6.45, 7) is 4.19. The van der Waals surface area contributed by atoms with Crippen molar-refractivity contribution in [2.75, 3.05) is 20.2 Å². The van der Waals surface area contributed by atoms with E-state index in [9.17, 15) is 9.59 Å². The largest absolute Gasteiger partial charge is 0.465 e. The van der Waals surface area contributed by atoms with E-state index in [-0.39, 0.29) is 17.8 Å². The Balaban J connectivity index is 1.90. The summed E-state index contributed by atoms with van der Waals surface area (Å²) < 4.78 is 4.68. The van der Waals surface area contributed by atoms with E-state index in [1.807, 2.05) is 13.0 Å². The SMILES string of the molecule is COC(=O)c1cccc(CNC(=O)C(C)C2CNC2)c1. The van der Waals surface area contributed by atoms with Crippen molar-refractivity contribution in [2.24, 2.45) is 11.8 Å². The van der Waals surface area contributed by atoms with Crippen LogP contribution in [0, 0.1) is 11.8 Å². The molecule has 20 heavy (non-hydrogen) atoms. The van der Waals surface area contributed by atoms with Crippen LogP contribution in [0.3, 0.4) is 0 Å². The van der Waals surface area contributed by atoms with Crippen LogP contribution in [0.2, 0.25) is 0 Å². The Labute approximate surface area is 118 Å². The van der Waals surface area contributed by atoms with Crippen molar-refractivity contribution in [2.45, 2.75) is 13.5 Å². The molecule has 1 unspecified atom stereocenters. The normalized spacial score (nSPS) is 16.1. The lowest BCUT2D eigenvalue weighted by molar-refractivity contribution is -0.126. The molecule has 0 aromatic heterocycles. The smallest absolute Gasteiger partial charge is 0.337 e. The lowest BCUT2D eigenvalue weighted by atomic mass is 9.88. The van der Waals surface area contributed by atoms with Gasteiger partial charge in [-0.25, -0.2) is 4.79 Å². The van der Waals surface area contributed by atoms with Crippen LogP contribution in [0.15, 0.2) is 24.3 Å². The summed E-state index contributed by atoms with van der Waals surface area (Å²) in [5.74, 6) is 0.128. The Morgan fingerprint density at radius 1 is 1.45 bits per heavy atom. The predicted molar refractivity (Wildman–Crippen MR) is 75.2 cm³/mol. The number of carbonyl (C=O) groups excluding carboxylic acids is 2. The van der Waals surface area contributed by atoms with Crippen molar-refractivity contribution in [1.82, 2.24) is 10.6 Å². The van der Waals surface area contributed by atoms with Gasteiger partial charge in [-0.1, -0.05) is 19.1 Å². The number of rotatable bonds is 5. The standard InChI is InChI=1S/C15H20N2O3/c1-10(13-8-16-9-13)14(18)17-7-11-4-3-5-12(6-11)15(19)20-2/h3-6,10,13,16H,7-9H2,1-2H3,(H,17,18). The van der Waals surface area contributed by atoms with Gasteiger partial charge in [-0.05, 0) is 36.7 Å². The predicted octanol–water partition coefficient (Wildman–Crippen LogP) is 0.945. The summed E-state index contributed by atoms with van der Waals surface area (Å²) in [6.07, 6.45) is 0. The molecule has 1 aliphatic rings. The molecule has 0 aliphatic carbocycles. The van der Waals surface area contributed by atoms with Crippen LogP contribution >= 0.6 is 0 Å². The fourth-order valence-electron chi connectivity index (χ4n) is 2.15. The summed E-state index contributed by atoms with van der Waals surface area (Å²) in [5, 5.41) is 6.08. The highest BCUT2D eigenvalue weighted by atomic mass is 16.5. The number of carbonyl (C=O) groups is 2. The molecule has 1 aliphatic heterocycles. The summed E-state index contributed by atoms with van der Waals surface area (Å²) in [5.41, 5.74) is 1.38. The maximum Gasteiger partial charge on any atom is 0.337 e. The van der Waals surface area contributed by atoms with Crippen molar-refractivity contribution >= 4 is 11.9 Å². The van der Waals surface area contributed by atoms with E-state index < -0.39 is 0 Å². The van der Waals surface area contributed by atoms with Crippen molar-refractivity contribution in [3.8, 4) is 0 Å². The topological polar surface area (TPSA) is 67.4 Å². The second-order valence-electron chi connectivity index (χ2n) is 5.12. The highest BCUT2D eigenvalue weighted by Gasteiger charge is 2.28. The minimum absolute atomic E-state index is 0.0139. The zero-order valence-electron chi connectivity index (χ0n) is 11.8. The molecule has 1 aromatic rings. The summed E-state index contributed by atoms with van der Waals surface area (Å²) in [7, 11) is 1.35. The second-order valence-corrected chi connectivity index (χ2v) is 5.12. The molecule has 1 heterocycles. The van der Waals surface area contributed by atoms with E-state index in [2.05, 4.69) is 15.4 Å². The zero-order chi connectivity index (χ0) is 14.5. The molecule has 0 saturated carbocycles. The van der Waals surface area contributed by atoms with E-state index in [0.29, 0.717) is 18.0 Å². The highest BCUT2D eigenvalue weighted by Crippen LogP contribution is 2.16. The van der Waals surface area contributed by atoms with Crippen molar-refractivity contribution in [3.63, 3.8) is 0 Å². The van der Waals surface area contributed by atoms with Crippen LogP contribution < -0.4 is 10.6 Å². The van der Waals surface area contributed by atoms with Crippen LogP contribution in [0.4, 0.5) is 0 Å². The van der Waals surface area contributed by atoms with E-state index in [0.717, 1.165) is 18.7 Å². The first-order chi connectivity index (χ1) is 9.61. The average molecular weight is 276 g/mol. The molecule has 0 spiro atoms. The number of hydrogen-bond donors (Lipinski definition) is 2. The number of benzene rings is 1. The molecule has 2 N–H and O–H groups in total. The van der Waals surface area contributed by atoms with Gasteiger partial charge in [0.15, 0.2) is 0 Å². The van der Waals surface area contributed by atoms with Gasteiger partial charge in [0.1, 0.15) is 0 Å². The zero-order valence-corrected chi connectivity index (χ0v) is 11.8. The minimum atomic E-state index is -0.368. The summed E-state index contributed by atoms with van der Waals surface area (Å²) in [4.78, 5) is 23.4. The average Bonchev–Trinajstić information content (AvgIpc) is 2.42. The monoisotopic (exact) mass is 276 g/mol. The number of methoxy groups -OCH3 is 1. The molecule has 1 amide bonds. The first-order valence-corrected chi connectivity index (χ1v) is 6.77. The van der Waals surface area contributed by atoms with Gasteiger partial charge in [0.2, 0.25) is 5.91 Å². The van der Waals surface area contributed by atoms with Crippen LogP contribution in [-0.4, -0.2) is 32.1 Å². The highest BCUT2D eigenvalue weighted by molar-refractivity contribution is 5.89. The molecule has 5 nitrogen and oxygen atoms in total. The molecule has 0 bridgehead atoms. The van der Waals surface area contributed by atoms with E-state index in [1.54, 1.807) is 18.2 Å². The van der Waals surface area contributed by atoms with Gasteiger partial charge in [-0.15, -0.1) is 0 Å². The van der Waals surface area contributed by atoms with Crippen LogP contribution in [-0.2, 0) is 16.1 Å². The Bertz CT molecular complexity index is 498. The van der Waals surface area contributed by atoms with Gasteiger partial charge >= 0.3 is 5.97 Å². The van der Waals surface area contributed by atoms with Crippen molar-refractivity contribution in [1.29, 1.82) is 0 Å². The molecule has 108 valence electrons. The molecular formula is C15H20N2O3.